The molecule has 0 unspecified atom stereocenters. The Balaban J connectivity index is 2.81. The summed E-state index contributed by atoms with van der Waals surface area (Å²) in [6.07, 6.45) is 1.75. The Morgan fingerprint density at radius 3 is 2.90 bits per heavy atom. The summed E-state index contributed by atoms with van der Waals surface area (Å²) in [6.45, 7) is 7.66. The first-order chi connectivity index (χ1) is 9.58. The van der Waals surface area contributed by atoms with Crippen molar-refractivity contribution in [2.24, 2.45) is 0 Å². The second-order valence-electron chi connectivity index (χ2n) is 4.43. The van der Waals surface area contributed by atoms with Crippen LogP contribution in [0.5, 0.6) is 0 Å². The molecule has 1 aromatic rings. The molecule has 5 heteroatoms. The highest BCUT2D eigenvalue weighted by atomic mass is 19.1. The van der Waals surface area contributed by atoms with Crippen molar-refractivity contribution < 1.29 is 14.3 Å². The third-order valence-electron chi connectivity index (χ3n) is 2.95. The van der Waals surface area contributed by atoms with Crippen LogP contribution in [0, 0.1) is 5.82 Å². The zero-order chi connectivity index (χ0) is 15.0. The standard InChI is InChI=1S/C15H21FN2O2/c1-3-8-17-11-12-5-6-13(16)14(10-12)18(4-2)9-7-15(19)20/h3,5-6,10,17H,1,4,7-9,11H2,2H3,(H,19,20). The topological polar surface area (TPSA) is 52.6 Å². The molecule has 0 bridgehead atoms. The summed E-state index contributed by atoms with van der Waals surface area (Å²) in [7, 11) is 0. The third kappa shape index (κ3) is 5.01. The van der Waals surface area contributed by atoms with E-state index in [-0.39, 0.29) is 12.2 Å². The van der Waals surface area contributed by atoms with Crippen LogP contribution in [0.1, 0.15) is 18.9 Å². The van der Waals surface area contributed by atoms with Gasteiger partial charge in [0.05, 0.1) is 12.1 Å². The Kier molecular flexibility index (Phi) is 6.73. The highest BCUT2D eigenvalue weighted by molar-refractivity contribution is 5.67. The molecule has 0 aromatic heterocycles. The SMILES string of the molecule is C=CCNCc1ccc(F)c(N(CC)CCC(=O)O)c1. The Hall–Kier alpha value is -1.88. The van der Waals surface area contributed by atoms with Gasteiger partial charge in [-0.25, -0.2) is 4.39 Å². The first-order valence-electron chi connectivity index (χ1n) is 6.65. The van der Waals surface area contributed by atoms with Crippen molar-refractivity contribution in [3.05, 3.63) is 42.2 Å². The number of benzene rings is 1. The lowest BCUT2D eigenvalue weighted by Crippen LogP contribution is -2.27. The number of halogens is 1. The van der Waals surface area contributed by atoms with E-state index >= 15 is 0 Å². The Labute approximate surface area is 118 Å². The number of carboxylic acid groups (broad SMARTS) is 1. The molecule has 0 atom stereocenters. The average Bonchev–Trinajstić information content (AvgIpc) is 2.42. The number of hydrogen-bond donors (Lipinski definition) is 2. The van der Waals surface area contributed by atoms with Crippen molar-refractivity contribution in [2.45, 2.75) is 19.9 Å². The lowest BCUT2D eigenvalue weighted by atomic mass is 10.1. The van der Waals surface area contributed by atoms with Crippen molar-refractivity contribution in [3.63, 3.8) is 0 Å². The minimum Gasteiger partial charge on any atom is -0.481 e. The van der Waals surface area contributed by atoms with E-state index in [1.54, 1.807) is 23.1 Å². The van der Waals surface area contributed by atoms with Crippen molar-refractivity contribution in [1.82, 2.24) is 5.32 Å². The fraction of sp³-hybridized carbons (Fsp3) is 0.400. The molecule has 0 aliphatic rings. The molecule has 0 spiro atoms. The smallest absolute Gasteiger partial charge is 0.305 e. The summed E-state index contributed by atoms with van der Waals surface area (Å²) in [5.74, 6) is -1.21. The zero-order valence-corrected chi connectivity index (χ0v) is 11.7. The second kappa shape index (κ2) is 8.32. The molecule has 1 aromatic carbocycles. The Morgan fingerprint density at radius 1 is 1.55 bits per heavy atom. The zero-order valence-electron chi connectivity index (χ0n) is 11.7. The van der Waals surface area contributed by atoms with Crippen LogP contribution in [0.15, 0.2) is 30.9 Å². The highest BCUT2D eigenvalue weighted by Gasteiger charge is 2.12. The fourth-order valence-corrected chi connectivity index (χ4v) is 1.91. The van der Waals surface area contributed by atoms with Gasteiger partial charge in [0.1, 0.15) is 5.82 Å². The van der Waals surface area contributed by atoms with E-state index in [9.17, 15) is 9.18 Å². The van der Waals surface area contributed by atoms with Crippen molar-refractivity contribution in [2.75, 3.05) is 24.5 Å². The van der Waals surface area contributed by atoms with E-state index in [2.05, 4.69) is 11.9 Å². The largest absolute Gasteiger partial charge is 0.481 e. The van der Waals surface area contributed by atoms with Gasteiger partial charge in [-0.15, -0.1) is 6.58 Å². The van der Waals surface area contributed by atoms with Gasteiger partial charge in [-0.05, 0) is 24.6 Å². The maximum Gasteiger partial charge on any atom is 0.305 e. The summed E-state index contributed by atoms with van der Waals surface area (Å²) < 4.78 is 13.9. The van der Waals surface area contributed by atoms with E-state index in [1.807, 2.05) is 6.92 Å². The normalized spacial score (nSPS) is 10.3. The number of carboxylic acids is 1. The van der Waals surface area contributed by atoms with E-state index in [0.29, 0.717) is 31.9 Å². The van der Waals surface area contributed by atoms with Gasteiger partial charge in [0.2, 0.25) is 0 Å². The average molecular weight is 280 g/mol. The number of nitrogens with one attached hydrogen (secondary N) is 1. The molecule has 1 rings (SSSR count). The van der Waals surface area contributed by atoms with Crippen LogP contribution in [-0.4, -0.2) is 30.7 Å². The van der Waals surface area contributed by atoms with Crippen LogP contribution in [0.4, 0.5) is 10.1 Å². The van der Waals surface area contributed by atoms with Crippen LogP contribution < -0.4 is 10.2 Å². The van der Waals surface area contributed by atoms with Gasteiger partial charge in [-0.3, -0.25) is 4.79 Å². The van der Waals surface area contributed by atoms with Crippen LogP contribution in [0.25, 0.3) is 0 Å². The van der Waals surface area contributed by atoms with E-state index in [4.69, 9.17) is 5.11 Å². The van der Waals surface area contributed by atoms with Gasteiger partial charge in [0.25, 0.3) is 0 Å². The predicted octanol–water partition coefficient (Wildman–Crippen LogP) is 2.40. The summed E-state index contributed by atoms with van der Waals surface area (Å²) >= 11 is 0. The van der Waals surface area contributed by atoms with Crippen molar-refractivity contribution in [1.29, 1.82) is 0 Å². The monoisotopic (exact) mass is 280 g/mol. The highest BCUT2D eigenvalue weighted by Crippen LogP contribution is 2.21. The van der Waals surface area contributed by atoms with E-state index in [1.165, 1.54) is 6.07 Å². The molecule has 0 radical (unpaired) electrons. The second-order valence-corrected chi connectivity index (χ2v) is 4.43. The summed E-state index contributed by atoms with van der Waals surface area (Å²) in [5.41, 5.74) is 1.41. The molecule has 2 N–H and O–H groups in total. The van der Waals surface area contributed by atoms with Crippen LogP contribution in [0.3, 0.4) is 0 Å². The van der Waals surface area contributed by atoms with Gasteiger partial charge in [0.15, 0.2) is 0 Å². The molecule has 0 heterocycles. The first kappa shape index (κ1) is 16.2. The summed E-state index contributed by atoms with van der Waals surface area (Å²) in [4.78, 5) is 12.4. The molecule has 0 amide bonds. The van der Waals surface area contributed by atoms with Crippen molar-refractivity contribution >= 4 is 11.7 Å². The van der Waals surface area contributed by atoms with Gasteiger partial charge in [-0.1, -0.05) is 12.1 Å². The lowest BCUT2D eigenvalue weighted by molar-refractivity contribution is -0.136. The number of anilines is 1. The number of rotatable bonds is 9. The Morgan fingerprint density at radius 2 is 2.30 bits per heavy atom. The molecular weight excluding hydrogens is 259 g/mol. The Bertz CT molecular complexity index is 463. The molecule has 0 aliphatic heterocycles. The maximum absolute atomic E-state index is 13.9. The van der Waals surface area contributed by atoms with Crippen molar-refractivity contribution in [3.8, 4) is 0 Å². The minimum absolute atomic E-state index is 0.00772. The number of nitrogens with zero attached hydrogens (tertiary/aromatic N) is 1. The predicted molar refractivity (Wildman–Crippen MR) is 78.4 cm³/mol. The number of aliphatic carboxylic acids is 1. The van der Waals surface area contributed by atoms with Crippen LogP contribution in [0.2, 0.25) is 0 Å². The minimum atomic E-state index is -0.882. The fourth-order valence-electron chi connectivity index (χ4n) is 1.91. The van der Waals surface area contributed by atoms with Crippen LogP contribution in [-0.2, 0) is 11.3 Å². The van der Waals surface area contributed by atoms with Gasteiger partial charge >= 0.3 is 5.97 Å². The van der Waals surface area contributed by atoms with E-state index < -0.39 is 5.97 Å². The molecule has 20 heavy (non-hydrogen) atoms. The third-order valence-corrected chi connectivity index (χ3v) is 2.95. The molecule has 0 saturated carbocycles. The molecular formula is C15H21FN2O2. The first-order valence-corrected chi connectivity index (χ1v) is 6.65. The molecule has 110 valence electrons. The summed E-state index contributed by atoms with van der Waals surface area (Å²) in [5, 5.41) is 11.9. The van der Waals surface area contributed by atoms with Gasteiger partial charge in [0, 0.05) is 26.2 Å². The number of hydrogen-bond acceptors (Lipinski definition) is 3. The van der Waals surface area contributed by atoms with Crippen LogP contribution >= 0.6 is 0 Å². The lowest BCUT2D eigenvalue weighted by Gasteiger charge is -2.23. The van der Waals surface area contributed by atoms with Gasteiger partial charge in [-0.2, -0.15) is 0 Å². The molecule has 0 saturated heterocycles. The molecule has 4 nitrogen and oxygen atoms in total. The van der Waals surface area contributed by atoms with Gasteiger partial charge < -0.3 is 15.3 Å². The molecule has 0 fully saturated rings. The van der Waals surface area contributed by atoms with E-state index in [0.717, 1.165) is 5.56 Å². The summed E-state index contributed by atoms with van der Waals surface area (Å²) in [6, 6.07) is 4.90. The molecule has 0 aliphatic carbocycles. The quantitative estimate of drug-likeness (QED) is 0.539. The number of carbonyl (C=O) groups is 1. The maximum atomic E-state index is 13.9.